The molecule has 0 aliphatic carbocycles. The summed E-state index contributed by atoms with van der Waals surface area (Å²) in [4.78, 5) is 12.0. The van der Waals surface area contributed by atoms with Gasteiger partial charge in [0.15, 0.2) is 0 Å². The highest BCUT2D eigenvalue weighted by molar-refractivity contribution is 7.80. The van der Waals surface area contributed by atoms with Crippen molar-refractivity contribution in [1.29, 1.82) is 0 Å². The van der Waals surface area contributed by atoms with Crippen LogP contribution in [0.5, 0.6) is 0 Å². The van der Waals surface area contributed by atoms with Crippen molar-refractivity contribution in [3.8, 4) is 0 Å². The van der Waals surface area contributed by atoms with Gasteiger partial charge in [-0.3, -0.25) is 4.79 Å². The first-order chi connectivity index (χ1) is 7.13. The number of pyridine rings is 1. The van der Waals surface area contributed by atoms with E-state index in [9.17, 15) is 4.79 Å². The molecule has 0 spiro atoms. The van der Waals surface area contributed by atoms with E-state index in [1.54, 1.807) is 16.7 Å². The third kappa shape index (κ3) is 1.77. The van der Waals surface area contributed by atoms with Gasteiger partial charge in [-0.15, -0.1) is 12.6 Å². The van der Waals surface area contributed by atoms with Crippen molar-refractivity contribution in [3.63, 3.8) is 0 Å². The van der Waals surface area contributed by atoms with Crippen molar-refractivity contribution >= 4 is 35.0 Å². The molecule has 0 aliphatic heterocycles. The first-order valence-electron chi connectivity index (χ1n) is 4.65. The highest BCUT2D eigenvalue weighted by Crippen LogP contribution is 2.18. The van der Waals surface area contributed by atoms with Crippen molar-refractivity contribution < 1.29 is 0 Å². The van der Waals surface area contributed by atoms with Crippen LogP contribution in [0, 0.1) is 0 Å². The van der Waals surface area contributed by atoms with Crippen molar-refractivity contribution in [2.24, 2.45) is 0 Å². The Bertz CT molecular complexity index is 577. The lowest BCUT2D eigenvalue weighted by atomic mass is 10.2. The van der Waals surface area contributed by atoms with E-state index in [0.717, 1.165) is 5.39 Å². The van der Waals surface area contributed by atoms with Crippen molar-refractivity contribution in [2.75, 3.05) is 0 Å². The summed E-state index contributed by atoms with van der Waals surface area (Å²) in [6.45, 7) is 2.53. The number of benzene rings is 1. The second kappa shape index (κ2) is 3.91. The van der Waals surface area contributed by atoms with Gasteiger partial charge in [-0.05, 0) is 30.5 Å². The molecule has 2 nitrogen and oxygen atoms in total. The number of hydrogen-bond acceptors (Lipinski definition) is 2. The lowest BCUT2D eigenvalue weighted by Crippen LogP contribution is -2.20. The minimum absolute atomic E-state index is 0.0394. The molecule has 0 radical (unpaired) electrons. The maximum absolute atomic E-state index is 12.0. The number of rotatable bonds is 1. The predicted molar refractivity (Wildman–Crippen MR) is 66.1 cm³/mol. The minimum Gasteiger partial charge on any atom is -0.303 e. The number of halogens is 1. The van der Waals surface area contributed by atoms with E-state index in [0.29, 0.717) is 22.0 Å². The standard InChI is InChI=1S/C11H10ClNOS/c1-2-13-10(15)5-7-3-4-8(12)6-9(7)11(13)14/h3-6,15H,2H2,1H3. The van der Waals surface area contributed by atoms with Gasteiger partial charge < -0.3 is 4.57 Å². The molecular formula is C11H10ClNOS. The van der Waals surface area contributed by atoms with Gasteiger partial charge in [0.2, 0.25) is 0 Å². The highest BCUT2D eigenvalue weighted by atomic mass is 35.5. The molecule has 15 heavy (non-hydrogen) atoms. The molecule has 0 saturated carbocycles. The normalized spacial score (nSPS) is 10.9. The second-order valence-electron chi connectivity index (χ2n) is 3.28. The van der Waals surface area contributed by atoms with Crippen LogP contribution in [-0.2, 0) is 6.54 Å². The van der Waals surface area contributed by atoms with Crippen LogP contribution in [0.15, 0.2) is 34.1 Å². The molecule has 0 bridgehead atoms. The van der Waals surface area contributed by atoms with Crippen LogP contribution in [0.2, 0.25) is 5.02 Å². The Hall–Kier alpha value is -0.930. The van der Waals surface area contributed by atoms with Gasteiger partial charge in [-0.2, -0.15) is 0 Å². The topological polar surface area (TPSA) is 22.0 Å². The van der Waals surface area contributed by atoms with Crippen LogP contribution in [-0.4, -0.2) is 4.57 Å². The Balaban J connectivity index is 2.92. The molecule has 0 amide bonds. The molecule has 0 N–H and O–H groups in total. The summed E-state index contributed by atoms with van der Waals surface area (Å²) < 4.78 is 1.61. The molecule has 1 aromatic heterocycles. The number of thiol groups is 1. The molecule has 2 aromatic rings. The second-order valence-corrected chi connectivity index (χ2v) is 4.18. The molecular weight excluding hydrogens is 230 g/mol. The molecule has 2 rings (SSSR count). The Morgan fingerprint density at radius 3 is 2.80 bits per heavy atom. The van der Waals surface area contributed by atoms with Gasteiger partial charge in [-0.1, -0.05) is 17.7 Å². The summed E-state index contributed by atoms with van der Waals surface area (Å²) in [5, 5.41) is 2.77. The maximum atomic E-state index is 12.0. The van der Waals surface area contributed by atoms with Gasteiger partial charge in [0, 0.05) is 17.0 Å². The third-order valence-electron chi connectivity index (χ3n) is 2.37. The van der Waals surface area contributed by atoms with E-state index in [1.807, 2.05) is 19.1 Å². The van der Waals surface area contributed by atoms with Crippen molar-refractivity contribution in [1.82, 2.24) is 4.57 Å². The van der Waals surface area contributed by atoms with Crippen LogP contribution >= 0.6 is 24.2 Å². The third-order valence-corrected chi connectivity index (χ3v) is 2.97. The smallest absolute Gasteiger partial charge is 0.259 e. The average molecular weight is 240 g/mol. The minimum atomic E-state index is -0.0394. The maximum Gasteiger partial charge on any atom is 0.259 e. The number of fused-ring (bicyclic) bond motifs is 1. The van der Waals surface area contributed by atoms with Crippen LogP contribution in [0.25, 0.3) is 10.8 Å². The molecule has 0 aliphatic rings. The quantitative estimate of drug-likeness (QED) is 0.760. The van der Waals surface area contributed by atoms with Gasteiger partial charge in [-0.25, -0.2) is 0 Å². The van der Waals surface area contributed by atoms with Crippen molar-refractivity contribution in [2.45, 2.75) is 18.5 Å². The van der Waals surface area contributed by atoms with Crippen LogP contribution in [0.4, 0.5) is 0 Å². The molecule has 0 unspecified atom stereocenters. The van der Waals surface area contributed by atoms with Gasteiger partial charge in [0.05, 0.1) is 5.03 Å². The Kier molecular flexibility index (Phi) is 2.76. The van der Waals surface area contributed by atoms with Gasteiger partial charge in [0.1, 0.15) is 0 Å². The monoisotopic (exact) mass is 239 g/mol. The Morgan fingerprint density at radius 2 is 2.13 bits per heavy atom. The molecule has 1 aromatic carbocycles. The van der Waals surface area contributed by atoms with Crippen molar-refractivity contribution in [3.05, 3.63) is 39.6 Å². The SMILES string of the molecule is CCn1c(S)cc2ccc(Cl)cc2c1=O. The molecule has 1 heterocycles. The summed E-state index contributed by atoms with van der Waals surface area (Å²) in [6, 6.07) is 7.17. The zero-order chi connectivity index (χ0) is 11.0. The summed E-state index contributed by atoms with van der Waals surface area (Å²) in [5.74, 6) is 0. The molecule has 0 saturated heterocycles. The highest BCUT2D eigenvalue weighted by Gasteiger charge is 2.05. The summed E-state index contributed by atoms with van der Waals surface area (Å²) in [6.07, 6.45) is 0. The average Bonchev–Trinajstić information content (AvgIpc) is 2.20. The number of hydrogen-bond donors (Lipinski definition) is 1. The number of nitrogens with zero attached hydrogens (tertiary/aromatic N) is 1. The fraction of sp³-hybridized carbons (Fsp3) is 0.182. The molecule has 0 atom stereocenters. The van der Waals surface area contributed by atoms with Gasteiger partial charge in [0.25, 0.3) is 5.56 Å². The summed E-state index contributed by atoms with van der Waals surface area (Å²) in [7, 11) is 0. The lowest BCUT2D eigenvalue weighted by Gasteiger charge is -2.08. The van der Waals surface area contributed by atoms with E-state index >= 15 is 0 Å². The molecule has 0 fully saturated rings. The first kappa shape index (κ1) is 10.6. The van der Waals surface area contributed by atoms with Crippen LogP contribution < -0.4 is 5.56 Å². The summed E-state index contributed by atoms with van der Waals surface area (Å²) >= 11 is 10.1. The summed E-state index contributed by atoms with van der Waals surface area (Å²) in [5.41, 5.74) is -0.0394. The Morgan fingerprint density at radius 1 is 1.40 bits per heavy atom. The Labute approximate surface area is 97.9 Å². The first-order valence-corrected chi connectivity index (χ1v) is 5.48. The fourth-order valence-electron chi connectivity index (χ4n) is 1.61. The molecule has 78 valence electrons. The van der Waals surface area contributed by atoms with Gasteiger partial charge >= 0.3 is 0 Å². The van der Waals surface area contributed by atoms with Crippen LogP contribution in [0.3, 0.4) is 0 Å². The largest absolute Gasteiger partial charge is 0.303 e. The van der Waals surface area contributed by atoms with E-state index in [-0.39, 0.29) is 5.56 Å². The predicted octanol–water partition coefficient (Wildman–Crippen LogP) is 2.96. The van der Waals surface area contributed by atoms with E-state index in [4.69, 9.17) is 11.6 Å². The van der Waals surface area contributed by atoms with E-state index in [1.165, 1.54) is 0 Å². The lowest BCUT2D eigenvalue weighted by molar-refractivity contribution is 0.669. The zero-order valence-corrected chi connectivity index (χ0v) is 9.85. The van der Waals surface area contributed by atoms with E-state index < -0.39 is 0 Å². The van der Waals surface area contributed by atoms with Crippen LogP contribution in [0.1, 0.15) is 6.92 Å². The fourth-order valence-corrected chi connectivity index (χ4v) is 2.16. The number of aromatic nitrogens is 1. The zero-order valence-electron chi connectivity index (χ0n) is 8.20. The molecule has 4 heteroatoms. The van der Waals surface area contributed by atoms with E-state index in [2.05, 4.69) is 12.6 Å².